The van der Waals surface area contributed by atoms with E-state index < -0.39 is 0 Å². The van der Waals surface area contributed by atoms with Gasteiger partial charge in [-0.05, 0) is 38.7 Å². The topological polar surface area (TPSA) is 55.6 Å². The summed E-state index contributed by atoms with van der Waals surface area (Å²) in [4.78, 5) is 13.7. The van der Waals surface area contributed by atoms with Gasteiger partial charge in [0.15, 0.2) is 0 Å². The minimum atomic E-state index is -0.313. The summed E-state index contributed by atoms with van der Waals surface area (Å²) < 4.78 is 5.14. The number of likely N-dealkylation sites (N-methyl/N-ethyl adjacent to an activating group) is 1. The number of hydrogen-bond donors (Lipinski definition) is 1. The molecule has 0 spiro atoms. The first-order valence-electron chi connectivity index (χ1n) is 5.18. The number of benzene rings is 1. The lowest BCUT2D eigenvalue weighted by atomic mass is 10.1. The third kappa shape index (κ3) is 3.55. The molecule has 2 N–H and O–H groups in total. The van der Waals surface area contributed by atoms with E-state index in [0.29, 0.717) is 24.4 Å². The zero-order valence-corrected chi connectivity index (χ0v) is 9.99. The standard InChI is InChI=1S/C12H18N2O2/c1-9-4-5-10(13)8-11(9)12(15)16-7-6-14(2)3/h4-5,8H,6-7,13H2,1-3H3. The molecule has 0 saturated heterocycles. The maximum Gasteiger partial charge on any atom is 0.338 e. The fourth-order valence-electron chi connectivity index (χ4n) is 1.26. The molecule has 1 rings (SSSR count). The van der Waals surface area contributed by atoms with Crippen LogP contribution in [0.25, 0.3) is 0 Å². The van der Waals surface area contributed by atoms with E-state index in [1.807, 2.05) is 32.0 Å². The van der Waals surface area contributed by atoms with Crippen molar-refractivity contribution >= 4 is 11.7 Å². The number of nitrogens with zero attached hydrogens (tertiary/aromatic N) is 1. The van der Waals surface area contributed by atoms with Crippen LogP contribution in [0.1, 0.15) is 15.9 Å². The number of carbonyl (C=O) groups excluding carboxylic acids is 1. The molecule has 0 aliphatic rings. The maximum absolute atomic E-state index is 11.7. The highest BCUT2D eigenvalue weighted by atomic mass is 16.5. The van der Waals surface area contributed by atoms with Gasteiger partial charge in [0.25, 0.3) is 0 Å². The molecule has 0 aromatic heterocycles. The largest absolute Gasteiger partial charge is 0.461 e. The number of rotatable bonds is 4. The lowest BCUT2D eigenvalue weighted by Gasteiger charge is -2.11. The summed E-state index contributed by atoms with van der Waals surface area (Å²) in [5, 5.41) is 0. The number of esters is 1. The second-order valence-electron chi connectivity index (χ2n) is 4.01. The van der Waals surface area contributed by atoms with Crippen molar-refractivity contribution in [3.8, 4) is 0 Å². The third-order valence-electron chi connectivity index (χ3n) is 2.25. The first-order chi connectivity index (χ1) is 7.50. The molecule has 0 unspecified atom stereocenters. The van der Waals surface area contributed by atoms with Crippen LogP contribution in [0.3, 0.4) is 0 Å². The van der Waals surface area contributed by atoms with E-state index in [4.69, 9.17) is 10.5 Å². The van der Waals surface area contributed by atoms with Crippen LogP contribution >= 0.6 is 0 Å². The van der Waals surface area contributed by atoms with Crippen LogP contribution in [0.4, 0.5) is 5.69 Å². The van der Waals surface area contributed by atoms with Crippen LogP contribution in [0.2, 0.25) is 0 Å². The summed E-state index contributed by atoms with van der Waals surface area (Å²) in [6, 6.07) is 5.23. The van der Waals surface area contributed by atoms with Gasteiger partial charge < -0.3 is 15.4 Å². The van der Waals surface area contributed by atoms with Crippen molar-refractivity contribution in [3.05, 3.63) is 29.3 Å². The normalized spacial score (nSPS) is 10.5. The lowest BCUT2D eigenvalue weighted by molar-refractivity contribution is 0.0481. The summed E-state index contributed by atoms with van der Waals surface area (Å²) in [5.74, 6) is -0.313. The summed E-state index contributed by atoms with van der Waals surface area (Å²) in [6.45, 7) is 2.97. The molecule has 0 aliphatic heterocycles. The van der Waals surface area contributed by atoms with Crippen molar-refractivity contribution in [2.45, 2.75) is 6.92 Å². The van der Waals surface area contributed by atoms with Gasteiger partial charge >= 0.3 is 5.97 Å². The molecule has 0 aliphatic carbocycles. The van der Waals surface area contributed by atoms with Crippen molar-refractivity contribution in [2.24, 2.45) is 0 Å². The number of nitrogens with two attached hydrogens (primary N) is 1. The van der Waals surface area contributed by atoms with E-state index >= 15 is 0 Å². The van der Waals surface area contributed by atoms with Gasteiger partial charge in [-0.25, -0.2) is 4.79 Å². The fraction of sp³-hybridized carbons (Fsp3) is 0.417. The van der Waals surface area contributed by atoms with E-state index in [-0.39, 0.29) is 5.97 Å². The highest BCUT2D eigenvalue weighted by molar-refractivity contribution is 5.92. The highest BCUT2D eigenvalue weighted by Crippen LogP contribution is 2.13. The molecular formula is C12H18N2O2. The lowest BCUT2D eigenvalue weighted by Crippen LogP contribution is -2.20. The predicted octanol–water partition coefficient (Wildman–Crippen LogP) is 1.30. The second kappa shape index (κ2) is 5.51. The summed E-state index contributed by atoms with van der Waals surface area (Å²) in [5.41, 5.74) is 7.62. The first-order valence-corrected chi connectivity index (χ1v) is 5.18. The van der Waals surface area contributed by atoms with Crippen molar-refractivity contribution < 1.29 is 9.53 Å². The average molecular weight is 222 g/mol. The van der Waals surface area contributed by atoms with E-state index in [2.05, 4.69) is 0 Å². The van der Waals surface area contributed by atoms with E-state index in [9.17, 15) is 4.79 Å². The van der Waals surface area contributed by atoms with Gasteiger partial charge in [0.05, 0.1) is 5.56 Å². The predicted molar refractivity (Wildman–Crippen MR) is 64.4 cm³/mol. The van der Waals surface area contributed by atoms with Gasteiger partial charge in [-0.3, -0.25) is 0 Å². The quantitative estimate of drug-likeness (QED) is 0.616. The number of hydrogen-bond acceptors (Lipinski definition) is 4. The molecule has 1 aromatic rings. The van der Waals surface area contributed by atoms with E-state index in [0.717, 1.165) is 5.56 Å². The molecule has 0 fully saturated rings. The maximum atomic E-state index is 11.7. The fourth-order valence-corrected chi connectivity index (χ4v) is 1.26. The van der Waals surface area contributed by atoms with Crippen molar-refractivity contribution in [1.82, 2.24) is 4.90 Å². The van der Waals surface area contributed by atoms with Crippen molar-refractivity contribution in [3.63, 3.8) is 0 Å². The monoisotopic (exact) mass is 222 g/mol. The van der Waals surface area contributed by atoms with Crippen LogP contribution < -0.4 is 5.73 Å². The summed E-state index contributed by atoms with van der Waals surface area (Å²) >= 11 is 0. The number of ether oxygens (including phenoxy) is 1. The summed E-state index contributed by atoms with van der Waals surface area (Å²) in [7, 11) is 3.86. The highest BCUT2D eigenvalue weighted by Gasteiger charge is 2.10. The Morgan fingerprint density at radius 3 is 2.75 bits per heavy atom. The summed E-state index contributed by atoms with van der Waals surface area (Å²) in [6.07, 6.45) is 0. The molecule has 0 radical (unpaired) electrons. The molecule has 0 atom stereocenters. The molecule has 88 valence electrons. The van der Waals surface area contributed by atoms with Gasteiger partial charge in [-0.2, -0.15) is 0 Å². The number of carbonyl (C=O) groups is 1. The van der Waals surface area contributed by atoms with Crippen LogP contribution in [-0.2, 0) is 4.74 Å². The number of aryl methyl sites for hydroxylation is 1. The Kier molecular flexibility index (Phi) is 4.31. The average Bonchev–Trinajstić information content (AvgIpc) is 2.21. The van der Waals surface area contributed by atoms with E-state index in [1.165, 1.54) is 0 Å². The molecule has 0 bridgehead atoms. The van der Waals surface area contributed by atoms with Gasteiger partial charge in [-0.1, -0.05) is 6.07 Å². The minimum Gasteiger partial charge on any atom is -0.461 e. The Morgan fingerprint density at radius 1 is 1.44 bits per heavy atom. The van der Waals surface area contributed by atoms with Gasteiger partial charge in [0, 0.05) is 12.2 Å². The zero-order valence-electron chi connectivity index (χ0n) is 9.99. The van der Waals surface area contributed by atoms with Crippen LogP contribution in [0.5, 0.6) is 0 Å². The SMILES string of the molecule is Cc1ccc(N)cc1C(=O)OCCN(C)C. The molecule has 4 nitrogen and oxygen atoms in total. The van der Waals surface area contributed by atoms with Gasteiger partial charge in [0.2, 0.25) is 0 Å². The smallest absolute Gasteiger partial charge is 0.338 e. The Bertz CT molecular complexity index is 375. The molecule has 0 amide bonds. The molecule has 0 heterocycles. The second-order valence-corrected chi connectivity index (χ2v) is 4.01. The Balaban J connectivity index is 2.62. The molecular weight excluding hydrogens is 204 g/mol. The van der Waals surface area contributed by atoms with Crippen LogP contribution in [0, 0.1) is 6.92 Å². The Morgan fingerprint density at radius 2 is 2.12 bits per heavy atom. The van der Waals surface area contributed by atoms with Crippen LogP contribution in [0.15, 0.2) is 18.2 Å². The Labute approximate surface area is 96.0 Å². The minimum absolute atomic E-state index is 0.313. The molecule has 1 aromatic carbocycles. The molecule has 16 heavy (non-hydrogen) atoms. The molecule has 0 saturated carbocycles. The zero-order chi connectivity index (χ0) is 12.1. The third-order valence-corrected chi connectivity index (χ3v) is 2.25. The van der Waals surface area contributed by atoms with Crippen molar-refractivity contribution in [1.29, 1.82) is 0 Å². The Hall–Kier alpha value is -1.55. The van der Waals surface area contributed by atoms with Gasteiger partial charge in [0.1, 0.15) is 6.61 Å². The molecule has 4 heteroatoms. The number of nitrogen functional groups attached to an aromatic ring is 1. The van der Waals surface area contributed by atoms with E-state index in [1.54, 1.807) is 12.1 Å². The number of anilines is 1. The van der Waals surface area contributed by atoms with Crippen molar-refractivity contribution in [2.75, 3.05) is 33.0 Å². The van der Waals surface area contributed by atoms with Gasteiger partial charge in [-0.15, -0.1) is 0 Å². The van der Waals surface area contributed by atoms with Crippen LogP contribution in [-0.4, -0.2) is 38.1 Å². The first kappa shape index (κ1) is 12.5.